The molecule has 0 bridgehead atoms. The predicted octanol–water partition coefficient (Wildman–Crippen LogP) is 3.14. The molecule has 0 aliphatic carbocycles. The zero-order valence-electron chi connectivity index (χ0n) is 10.6. The summed E-state index contributed by atoms with van der Waals surface area (Å²) in [6.07, 6.45) is 1.96. The van der Waals surface area contributed by atoms with Crippen LogP contribution in [0.5, 0.6) is 11.5 Å². The highest BCUT2D eigenvalue weighted by Gasteiger charge is 2.13. The van der Waals surface area contributed by atoms with E-state index in [1.165, 1.54) is 0 Å². The number of hydrogen-bond donors (Lipinski definition) is 1. The molecule has 3 nitrogen and oxygen atoms in total. The van der Waals surface area contributed by atoms with Crippen molar-refractivity contribution in [2.45, 2.75) is 32.8 Å². The molecule has 0 radical (unpaired) electrons. The van der Waals surface area contributed by atoms with Gasteiger partial charge in [-0.3, -0.25) is 0 Å². The summed E-state index contributed by atoms with van der Waals surface area (Å²) in [5, 5.41) is 0. The van der Waals surface area contributed by atoms with Gasteiger partial charge in [-0.05, 0) is 50.9 Å². The topological polar surface area (TPSA) is 44.5 Å². The van der Waals surface area contributed by atoms with E-state index in [0.717, 1.165) is 34.4 Å². The summed E-state index contributed by atoms with van der Waals surface area (Å²) in [5.41, 5.74) is 6.69. The van der Waals surface area contributed by atoms with E-state index >= 15 is 0 Å². The zero-order valence-corrected chi connectivity index (χ0v) is 12.2. The van der Waals surface area contributed by atoms with E-state index in [1.54, 1.807) is 7.11 Å². The van der Waals surface area contributed by atoms with E-state index in [4.69, 9.17) is 15.2 Å². The first-order valence-corrected chi connectivity index (χ1v) is 6.61. The van der Waals surface area contributed by atoms with Gasteiger partial charge in [0, 0.05) is 4.47 Å². The molecule has 1 aromatic rings. The first-order valence-electron chi connectivity index (χ1n) is 5.81. The first kappa shape index (κ1) is 14.3. The lowest BCUT2D eigenvalue weighted by Crippen LogP contribution is -2.10. The van der Waals surface area contributed by atoms with Gasteiger partial charge in [0.25, 0.3) is 0 Å². The summed E-state index contributed by atoms with van der Waals surface area (Å²) in [5.74, 6) is 1.60. The van der Waals surface area contributed by atoms with Gasteiger partial charge in [0.05, 0.1) is 13.2 Å². The maximum absolute atomic E-state index is 5.83. The molecule has 2 N–H and O–H groups in total. The molecule has 0 aliphatic rings. The Bertz CT molecular complexity index is 367. The molecule has 96 valence electrons. The Morgan fingerprint density at radius 2 is 2.06 bits per heavy atom. The summed E-state index contributed by atoms with van der Waals surface area (Å²) in [7, 11) is 1.65. The smallest absolute Gasteiger partial charge is 0.164 e. The minimum absolute atomic E-state index is 0.127. The zero-order chi connectivity index (χ0) is 12.8. The highest BCUT2D eigenvalue weighted by molar-refractivity contribution is 9.10. The molecule has 1 aromatic carbocycles. The van der Waals surface area contributed by atoms with Crippen LogP contribution in [0.2, 0.25) is 0 Å². The van der Waals surface area contributed by atoms with Gasteiger partial charge in [-0.15, -0.1) is 0 Å². The first-order chi connectivity index (χ1) is 8.08. The van der Waals surface area contributed by atoms with Crippen LogP contribution in [0.15, 0.2) is 16.6 Å². The number of ether oxygens (including phenoxy) is 2. The second kappa shape index (κ2) is 6.87. The summed E-state index contributed by atoms with van der Waals surface area (Å²) in [6, 6.07) is 3.99. The van der Waals surface area contributed by atoms with E-state index in [9.17, 15) is 0 Å². The van der Waals surface area contributed by atoms with Crippen molar-refractivity contribution < 1.29 is 9.47 Å². The van der Waals surface area contributed by atoms with Crippen molar-refractivity contribution in [2.75, 3.05) is 13.7 Å². The summed E-state index contributed by atoms with van der Waals surface area (Å²) in [6.45, 7) is 4.69. The molecular weight excluding hydrogens is 282 g/mol. The maximum atomic E-state index is 5.83. The van der Waals surface area contributed by atoms with Crippen molar-refractivity contribution in [3.05, 3.63) is 22.2 Å². The SMILES string of the molecule is COc1cc(Br)cc(CCCN)c1OC(C)C. The van der Waals surface area contributed by atoms with Crippen molar-refractivity contribution in [3.8, 4) is 11.5 Å². The minimum Gasteiger partial charge on any atom is -0.493 e. The number of rotatable bonds is 6. The predicted molar refractivity (Wildman–Crippen MR) is 73.8 cm³/mol. The van der Waals surface area contributed by atoms with Gasteiger partial charge < -0.3 is 15.2 Å². The fraction of sp³-hybridized carbons (Fsp3) is 0.538. The third kappa shape index (κ3) is 4.21. The fourth-order valence-corrected chi connectivity index (χ4v) is 2.11. The van der Waals surface area contributed by atoms with Crippen molar-refractivity contribution in [1.82, 2.24) is 0 Å². The quantitative estimate of drug-likeness (QED) is 0.878. The van der Waals surface area contributed by atoms with Crippen LogP contribution in [-0.2, 0) is 6.42 Å². The second-order valence-electron chi connectivity index (χ2n) is 4.16. The number of nitrogens with two attached hydrogens (primary N) is 1. The fourth-order valence-electron chi connectivity index (χ4n) is 1.62. The standard InChI is InChI=1S/C13H20BrNO2/c1-9(2)17-13-10(5-4-6-15)7-11(14)8-12(13)16-3/h7-9H,4-6,15H2,1-3H3. The third-order valence-electron chi connectivity index (χ3n) is 2.32. The number of halogens is 1. The Morgan fingerprint density at radius 3 is 2.59 bits per heavy atom. The number of aryl methyl sites for hydroxylation is 1. The molecule has 1 rings (SSSR count). The van der Waals surface area contributed by atoms with Crippen LogP contribution in [0, 0.1) is 0 Å². The molecule has 4 heteroatoms. The Kier molecular flexibility index (Phi) is 5.78. The van der Waals surface area contributed by atoms with E-state index in [0.29, 0.717) is 6.54 Å². The van der Waals surface area contributed by atoms with Crippen LogP contribution >= 0.6 is 15.9 Å². The van der Waals surface area contributed by atoms with Gasteiger partial charge in [-0.25, -0.2) is 0 Å². The molecule has 0 saturated carbocycles. The monoisotopic (exact) mass is 301 g/mol. The van der Waals surface area contributed by atoms with Crippen LogP contribution in [-0.4, -0.2) is 19.8 Å². The van der Waals surface area contributed by atoms with Gasteiger partial charge >= 0.3 is 0 Å². The van der Waals surface area contributed by atoms with Gasteiger partial charge in [0.1, 0.15) is 0 Å². The lowest BCUT2D eigenvalue weighted by molar-refractivity contribution is 0.227. The summed E-state index contributed by atoms with van der Waals surface area (Å²) in [4.78, 5) is 0. The molecule has 17 heavy (non-hydrogen) atoms. The van der Waals surface area contributed by atoms with E-state index in [2.05, 4.69) is 22.0 Å². The average molecular weight is 302 g/mol. The second-order valence-corrected chi connectivity index (χ2v) is 5.07. The number of methoxy groups -OCH3 is 1. The van der Waals surface area contributed by atoms with E-state index < -0.39 is 0 Å². The van der Waals surface area contributed by atoms with Gasteiger partial charge in [-0.1, -0.05) is 15.9 Å². The molecule has 0 heterocycles. The van der Waals surface area contributed by atoms with Crippen molar-refractivity contribution in [3.63, 3.8) is 0 Å². The molecule has 0 saturated heterocycles. The molecule has 0 unspecified atom stereocenters. The third-order valence-corrected chi connectivity index (χ3v) is 2.78. The van der Waals surface area contributed by atoms with Crippen LogP contribution < -0.4 is 15.2 Å². The Morgan fingerprint density at radius 1 is 1.35 bits per heavy atom. The average Bonchev–Trinajstić information content (AvgIpc) is 2.28. The summed E-state index contributed by atoms with van der Waals surface area (Å²) >= 11 is 3.48. The molecule has 0 fully saturated rings. The maximum Gasteiger partial charge on any atom is 0.164 e. The van der Waals surface area contributed by atoms with Gasteiger partial charge in [-0.2, -0.15) is 0 Å². The molecule has 0 atom stereocenters. The summed E-state index contributed by atoms with van der Waals surface area (Å²) < 4.78 is 12.2. The molecule has 0 aliphatic heterocycles. The van der Waals surface area contributed by atoms with Crippen molar-refractivity contribution in [1.29, 1.82) is 0 Å². The molecule has 0 amide bonds. The Hall–Kier alpha value is -0.740. The highest BCUT2D eigenvalue weighted by atomic mass is 79.9. The minimum atomic E-state index is 0.127. The molecular formula is C13H20BrNO2. The largest absolute Gasteiger partial charge is 0.493 e. The molecule has 0 spiro atoms. The van der Waals surface area contributed by atoms with Gasteiger partial charge in [0.2, 0.25) is 0 Å². The normalized spacial score (nSPS) is 10.7. The lowest BCUT2D eigenvalue weighted by atomic mass is 10.1. The number of hydrogen-bond acceptors (Lipinski definition) is 3. The number of benzene rings is 1. The lowest BCUT2D eigenvalue weighted by Gasteiger charge is -2.18. The Balaban J connectivity index is 3.08. The van der Waals surface area contributed by atoms with Crippen molar-refractivity contribution in [2.24, 2.45) is 5.73 Å². The van der Waals surface area contributed by atoms with Gasteiger partial charge in [0.15, 0.2) is 11.5 Å². The van der Waals surface area contributed by atoms with Crippen LogP contribution in [0.4, 0.5) is 0 Å². The van der Waals surface area contributed by atoms with E-state index in [1.807, 2.05) is 19.9 Å². The molecule has 0 aromatic heterocycles. The van der Waals surface area contributed by atoms with Crippen molar-refractivity contribution >= 4 is 15.9 Å². The highest BCUT2D eigenvalue weighted by Crippen LogP contribution is 2.36. The Labute approximate surface area is 111 Å². The van der Waals surface area contributed by atoms with Crippen LogP contribution in [0.3, 0.4) is 0 Å². The van der Waals surface area contributed by atoms with Crippen LogP contribution in [0.1, 0.15) is 25.8 Å². The van der Waals surface area contributed by atoms with Crippen LogP contribution in [0.25, 0.3) is 0 Å². The van der Waals surface area contributed by atoms with E-state index in [-0.39, 0.29) is 6.10 Å².